The number of fused-ring (bicyclic) bond motifs is 3. The highest BCUT2D eigenvalue weighted by atomic mass is 16.7. The molecule has 1 aliphatic rings. The maximum atomic E-state index is 6.18. The summed E-state index contributed by atoms with van der Waals surface area (Å²) in [4.78, 5) is 4.71. The maximum Gasteiger partial charge on any atom is 0.494 e. The summed E-state index contributed by atoms with van der Waals surface area (Å²) >= 11 is 0. The first-order valence-corrected chi connectivity index (χ1v) is 9.58. The van der Waals surface area contributed by atoms with Crippen LogP contribution in [-0.4, -0.2) is 23.3 Å². The highest BCUT2D eigenvalue weighted by Crippen LogP contribution is 2.37. The van der Waals surface area contributed by atoms with Crippen LogP contribution < -0.4 is 5.46 Å². The summed E-state index contributed by atoms with van der Waals surface area (Å²) in [6, 6.07) is 20.3. The molecule has 0 spiro atoms. The van der Waals surface area contributed by atoms with Crippen LogP contribution in [0.2, 0.25) is 0 Å². The monoisotopic (exact) mass is 371 g/mol. The quantitative estimate of drug-likeness (QED) is 0.468. The second kappa shape index (κ2) is 5.93. The fourth-order valence-electron chi connectivity index (χ4n) is 3.58. The van der Waals surface area contributed by atoms with Crippen LogP contribution in [0.1, 0.15) is 27.7 Å². The van der Waals surface area contributed by atoms with Gasteiger partial charge in [-0.25, -0.2) is 4.98 Å². The summed E-state index contributed by atoms with van der Waals surface area (Å²) in [6.45, 7) is 8.23. The molecule has 1 saturated heterocycles. The van der Waals surface area contributed by atoms with E-state index in [0.717, 1.165) is 32.9 Å². The summed E-state index contributed by atoms with van der Waals surface area (Å²) in [5, 5.41) is 2.21. The number of nitrogens with zero attached hydrogens (tertiary/aromatic N) is 1. The number of benzene rings is 3. The molecule has 1 fully saturated rings. The largest absolute Gasteiger partial charge is 0.494 e. The van der Waals surface area contributed by atoms with Crippen molar-refractivity contribution in [2.75, 3.05) is 0 Å². The van der Waals surface area contributed by atoms with Gasteiger partial charge >= 0.3 is 7.12 Å². The Morgan fingerprint density at radius 3 is 2.36 bits per heavy atom. The Balaban J connectivity index is 1.56. The second-order valence-electron chi connectivity index (χ2n) is 8.37. The Morgan fingerprint density at radius 1 is 0.821 bits per heavy atom. The Morgan fingerprint density at radius 2 is 1.57 bits per heavy atom. The average molecular weight is 371 g/mol. The van der Waals surface area contributed by atoms with E-state index in [2.05, 4.69) is 45.9 Å². The number of oxazole rings is 1. The Kier molecular flexibility index (Phi) is 3.70. The van der Waals surface area contributed by atoms with Crippen LogP contribution in [0.4, 0.5) is 0 Å². The molecule has 140 valence electrons. The molecule has 0 bridgehead atoms. The maximum absolute atomic E-state index is 6.18. The lowest BCUT2D eigenvalue weighted by molar-refractivity contribution is 0.00578. The zero-order chi connectivity index (χ0) is 19.5. The van der Waals surface area contributed by atoms with Crippen LogP contribution in [0.3, 0.4) is 0 Å². The van der Waals surface area contributed by atoms with E-state index in [1.807, 2.05) is 42.5 Å². The first-order chi connectivity index (χ1) is 13.3. The van der Waals surface area contributed by atoms with Crippen molar-refractivity contribution in [1.29, 1.82) is 0 Å². The summed E-state index contributed by atoms with van der Waals surface area (Å²) in [5.74, 6) is 0.602. The van der Waals surface area contributed by atoms with Gasteiger partial charge in [0.1, 0.15) is 5.52 Å². The smallest absolute Gasteiger partial charge is 0.435 e. The molecule has 2 heterocycles. The number of hydrogen-bond acceptors (Lipinski definition) is 4. The van der Waals surface area contributed by atoms with Crippen LogP contribution in [0.5, 0.6) is 0 Å². The fourth-order valence-corrected chi connectivity index (χ4v) is 3.58. The normalized spacial score (nSPS) is 18.2. The van der Waals surface area contributed by atoms with E-state index in [1.165, 1.54) is 0 Å². The lowest BCUT2D eigenvalue weighted by Gasteiger charge is -2.32. The summed E-state index contributed by atoms with van der Waals surface area (Å²) < 4.78 is 18.5. The molecule has 4 nitrogen and oxygen atoms in total. The zero-order valence-corrected chi connectivity index (χ0v) is 16.5. The molecule has 5 rings (SSSR count). The molecule has 0 amide bonds. The third-order valence-electron chi connectivity index (χ3n) is 5.94. The molecule has 0 radical (unpaired) electrons. The highest BCUT2D eigenvalue weighted by molar-refractivity contribution is 6.62. The van der Waals surface area contributed by atoms with Gasteiger partial charge in [-0.3, -0.25) is 0 Å². The van der Waals surface area contributed by atoms with Gasteiger partial charge < -0.3 is 13.7 Å². The number of rotatable bonds is 2. The van der Waals surface area contributed by atoms with Crippen molar-refractivity contribution in [3.8, 4) is 11.5 Å². The molecule has 0 atom stereocenters. The molecule has 0 unspecified atom stereocenters. The van der Waals surface area contributed by atoms with Crippen molar-refractivity contribution < 1.29 is 13.7 Å². The third-order valence-corrected chi connectivity index (χ3v) is 5.94. The van der Waals surface area contributed by atoms with Crippen LogP contribution >= 0.6 is 0 Å². The molecule has 3 aromatic carbocycles. The van der Waals surface area contributed by atoms with Gasteiger partial charge in [-0.05, 0) is 56.7 Å². The third kappa shape index (κ3) is 2.66. The predicted octanol–water partition coefficient (Wildman–Crippen LogP) is 4.95. The standard InChI is InChI=1S/C23H22BNO3/c1-22(2)23(3,4)28-24(27-22)17-10-7-9-16(14-17)21-25-19-13-12-15-8-5-6-11-18(15)20(19)26-21/h5-14H,1-4H3. The van der Waals surface area contributed by atoms with E-state index in [-0.39, 0.29) is 11.2 Å². The molecule has 4 aromatic rings. The summed E-state index contributed by atoms with van der Waals surface area (Å²) in [7, 11) is -0.407. The van der Waals surface area contributed by atoms with E-state index in [4.69, 9.17) is 18.7 Å². The first kappa shape index (κ1) is 17.5. The highest BCUT2D eigenvalue weighted by Gasteiger charge is 2.51. The van der Waals surface area contributed by atoms with E-state index < -0.39 is 7.12 Å². The minimum Gasteiger partial charge on any atom is -0.435 e. The Labute approximate surface area is 164 Å². The molecular formula is C23H22BNO3. The van der Waals surface area contributed by atoms with Gasteiger partial charge in [0.15, 0.2) is 5.58 Å². The van der Waals surface area contributed by atoms with E-state index >= 15 is 0 Å². The van der Waals surface area contributed by atoms with Crippen LogP contribution in [0.25, 0.3) is 33.3 Å². The summed E-state index contributed by atoms with van der Waals surface area (Å²) in [6.07, 6.45) is 0. The van der Waals surface area contributed by atoms with E-state index in [0.29, 0.717) is 5.89 Å². The minimum absolute atomic E-state index is 0.371. The van der Waals surface area contributed by atoms with Gasteiger partial charge in [0.05, 0.1) is 11.2 Å². The molecule has 0 aliphatic carbocycles. The van der Waals surface area contributed by atoms with Crippen LogP contribution in [0.15, 0.2) is 65.1 Å². The van der Waals surface area contributed by atoms with Crippen molar-refractivity contribution in [1.82, 2.24) is 4.98 Å². The van der Waals surface area contributed by atoms with Gasteiger partial charge in [0.2, 0.25) is 5.89 Å². The first-order valence-electron chi connectivity index (χ1n) is 9.58. The summed E-state index contributed by atoms with van der Waals surface area (Å²) in [5.41, 5.74) is 2.80. The molecule has 0 saturated carbocycles. The predicted molar refractivity (Wildman–Crippen MR) is 113 cm³/mol. The average Bonchev–Trinajstić information content (AvgIpc) is 3.20. The minimum atomic E-state index is -0.407. The van der Waals surface area contributed by atoms with Gasteiger partial charge in [-0.1, -0.05) is 42.5 Å². The molecule has 0 N–H and O–H groups in total. The zero-order valence-electron chi connectivity index (χ0n) is 16.5. The SMILES string of the molecule is CC1(C)OB(c2cccc(-c3nc4ccc5ccccc5c4o3)c2)OC1(C)C. The molecule has 5 heteroatoms. The van der Waals surface area contributed by atoms with Crippen LogP contribution in [0, 0.1) is 0 Å². The van der Waals surface area contributed by atoms with Crippen LogP contribution in [-0.2, 0) is 9.31 Å². The Hall–Kier alpha value is -2.63. The Bertz CT molecular complexity index is 1180. The lowest BCUT2D eigenvalue weighted by atomic mass is 9.78. The van der Waals surface area contributed by atoms with Gasteiger partial charge in [0.25, 0.3) is 0 Å². The van der Waals surface area contributed by atoms with E-state index in [9.17, 15) is 0 Å². The van der Waals surface area contributed by atoms with Gasteiger partial charge in [-0.15, -0.1) is 0 Å². The molecule has 1 aliphatic heterocycles. The molecule has 28 heavy (non-hydrogen) atoms. The van der Waals surface area contributed by atoms with Gasteiger partial charge in [0, 0.05) is 10.9 Å². The van der Waals surface area contributed by atoms with Crippen molar-refractivity contribution in [2.24, 2.45) is 0 Å². The van der Waals surface area contributed by atoms with E-state index in [1.54, 1.807) is 0 Å². The second-order valence-corrected chi connectivity index (χ2v) is 8.37. The number of aromatic nitrogens is 1. The molecular weight excluding hydrogens is 349 g/mol. The fraction of sp³-hybridized carbons (Fsp3) is 0.261. The van der Waals surface area contributed by atoms with Crippen molar-refractivity contribution in [2.45, 2.75) is 38.9 Å². The van der Waals surface area contributed by atoms with Crippen molar-refractivity contribution >= 4 is 34.5 Å². The number of hydrogen-bond donors (Lipinski definition) is 0. The molecule has 1 aromatic heterocycles. The topological polar surface area (TPSA) is 44.5 Å². The lowest BCUT2D eigenvalue weighted by Crippen LogP contribution is -2.41. The van der Waals surface area contributed by atoms with Crippen molar-refractivity contribution in [3.63, 3.8) is 0 Å². The van der Waals surface area contributed by atoms with Gasteiger partial charge in [-0.2, -0.15) is 0 Å². The van der Waals surface area contributed by atoms with Crippen molar-refractivity contribution in [3.05, 3.63) is 60.7 Å².